The predicted molar refractivity (Wildman–Crippen MR) is 64.2 cm³/mol. The van der Waals surface area contributed by atoms with Crippen LogP contribution in [-0.4, -0.2) is 35.9 Å². The molecular weight excluding hydrogens is 226 g/mol. The maximum atomic E-state index is 11.5. The van der Waals surface area contributed by atoms with E-state index in [1.54, 1.807) is 31.3 Å². The van der Waals surface area contributed by atoms with Crippen molar-refractivity contribution < 1.29 is 4.79 Å². The normalized spacial score (nSPS) is 12.2. The minimum absolute atomic E-state index is 0.0573. The molecule has 0 aliphatic heterocycles. The van der Waals surface area contributed by atoms with Gasteiger partial charge in [0.1, 0.15) is 5.15 Å². The summed E-state index contributed by atoms with van der Waals surface area (Å²) in [5.41, 5.74) is 1.00. The molecule has 1 aromatic rings. The Kier molecular flexibility index (Phi) is 4.71. The molecule has 0 saturated carbocycles. The highest BCUT2D eigenvalue weighted by atomic mass is 35.5. The van der Waals surface area contributed by atoms with Gasteiger partial charge in [0.2, 0.25) is 5.91 Å². The zero-order chi connectivity index (χ0) is 12.1. The van der Waals surface area contributed by atoms with Gasteiger partial charge in [0, 0.05) is 26.8 Å². The van der Waals surface area contributed by atoms with Gasteiger partial charge in [-0.25, -0.2) is 4.98 Å². The van der Waals surface area contributed by atoms with Crippen LogP contribution in [0.2, 0.25) is 5.15 Å². The zero-order valence-electron chi connectivity index (χ0n) is 9.70. The number of hydrogen-bond acceptors (Lipinski definition) is 3. The van der Waals surface area contributed by atoms with E-state index >= 15 is 0 Å². The second kappa shape index (κ2) is 5.82. The Balaban J connectivity index is 2.45. The third-order valence-corrected chi connectivity index (χ3v) is 2.44. The molecule has 0 radical (unpaired) electrons. The maximum Gasteiger partial charge on any atom is 0.238 e. The molecule has 1 atom stereocenters. The van der Waals surface area contributed by atoms with Crippen LogP contribution < -0.4 is 5.32 Å². The number of aromatic nitrogens is 1. The van der Waals surface area contributed by atoms with Crippen molar-refractivity contribution in [2.75, 3.05) is 14.1 Å². The van der Waals surface area contributed by atoms with Crippen molar-refractivity contribution >= 4 is 17.5 Å². The minimum Gasteiger partial charge on any atom is -0.347 e. The van der Waals surface area contributed by atoms with E-state index in [4.69, 9.17) is 11.6 Å². The summed E-state index contributed by atoms with van der Waals surface area (Å²) in [6, 6.07) is 3.41. The highest BCUT2D eigenvalue weighted by Gasteiger charge is 2.13. The monoisotopic (exact) mass is 241 g/mol. The number of likely N-dealkylation sites (N-methyl/N-ethyl adjacent to an activating group) is 1. The summed E-state index contributed by atoms with van der Waals surface area (Å²) in [4.78, 5) is 17.1. The molecule has 1 rings (SSSR count). The van der Waals surface area contributed by atoms with Crippen molar-refractivity contribution in [3.8, 4) is 0 Å². The maximum absolute atomic E-state index is 11.5. The van der Waals surface area contributed by atoms with Gasteiger partial charge in [-0.2, -0.15) is 0 Å². The van der Waals surface area contributed by atoms with Gasteiger partial charge in [0.25, 0.3) is 0 Å². The van der Waals surface area contributed by atoms with Gasteiger partial charge in [-0.15, -0.1) is 0 Å². The van der Waals surface area contributed by atoms with Crippen molar-refractivity contribution in [1.29, 1.82) is 0 Å². The van der Waals surface area contributed by atoms with Crippen LogP contribution in [0.4, 0.5) is 0 Å². The van der Waals surface area contributed by atoms with E-state index in [1.807, 2.05) is 13.0 Å². The van der Waals surface area contributed by atoms with Gasteiger partial charge >= 0.3 is 0 Å². The fourth-order valence-corrected chi connectivity index (χ4v) is 1.37. The van der Waals surface area contributed by atoms with Crippen molar-refractivity contribution in [2.24, 2.45) is 0 Å². The highest BCUT2D eigenvalue weighted by Crippen LogP contribution is 2.05. The van der Waals surface area contributed by atoms with Crippen LogP contribution >= 0.6 is 11.6 Å². The molecule has 5 heteroatoms. The van der Waals surface area contributed by atoms with Crippen LogP contribution in [0.5, 0.6) is 0 Å². The third kappa shape index (κ3) is 3.79. The first-order valence-electron chi connectivity index (χ1n) is 5.05. The Morgan fingerprint density at radius 1 is 1.56 bits per heavy atom. The fourth-order valence-electron chi connectivity index (χ4n) is 1.26. The molecule has 0 spiro atoms. The molecule has 0 aromatic carbocycles. The Morgan fingerprint density at radius 3 is 2.75 bits per heavy atom. The molecule has 4 nitrogen and oxygen atoms in total. The zero-order valence-corrected chi connectivity index (χ0v) is 10.5. The lowest BCUT2D eigenvalue weighted by Crippen LogP contribution is -2.41. The first-order chi connectivity index (χ1) is 7.50. The van der Waals surface area contributed by atoms with Crippen LogP contribution in [-0.2, 0) is 11.3 Å². The predicted octanol–water partition coefficient (Wildman–Crippen LogP) is 1.30. The number of amides is 1. The first kappa shape index (κ1) is 12.9. The number of halogens is 1. The van der Waals surface area contributed by atoms with Gasteiger partial charge in [-0.05, 0) is 18.6 Å². The Labute approximate surface area is 101 Å². The van der Waals surface area contributed by atoms with Gasteiger partial charge in [-0.1, -0.05) is 17.7 Å². The average molecular weight is 242 g/mol. The third-order valence-electron chi connectivity index (χ3n) is 2.21. The Morgan fingerprint density at radius 2 is 2.25 bits per heavy atom. The first-order valence-corrected chi connectivity index (χ1v) is 5.43. The number of hydrogen-bond donors (Lipinski definition) is 1. The largest absolute Gasteiger partial charge is 0.347 e. The molecule has 1 heterocycles. The second-order valence-electron chi connectivity index (χ2n) is 3.82. The molecule has 0 bridgehead atoms. The number of nitrogens with zero attached hydrogens (tertiary/aromatic N) is 2. The van der Waals surface area contributed by atoms with Gasteiger partial charge in [-0.3, -0.25) is 4.79 Å². The number of pyridine rings is 1. The summed E-state index contributed by atoms with van der Waals surface area (Å²) in [5.74, 6) is 0.0573. The molecule has 0 fully saturated rings. The van der Waals surface area contributed by atoms with Gasteiger partial charge in [0.05, 0.1) is 6.04 Å². The molecule has 0 saturated heterocycles. The lowest BCUT2D eigenvalue weighted by atomic mass is 10.2. The quantitative estimate of drug-likeness (QED) is 0.809. The topological polar surface area (TPSA) is 45.2 Å². The van der Waals surface area contributed by atoms with Crippen molar-refractivity contribution in [3.63, 3.8) is 0 Å². The molecular formula is C11H16ClN3O. The van der Waals surface area contributed by atoms with Crippen LogP contribution in [0.25, 0.3) is 0 Å². The van der Waals surface area contributed by atoms with Crippen molar-refractivity contribution in [3.05, 3.63) is 29.0 Å². The molecule has 1 amide bonds. The van der Waals surface area contributed by atoms with E-state index in [-0.39, 0.29) is 11.9 Å². The smallest absolute Gasteiger partial charge is 0.238 e. The van der Waals surface area contributed by atoms with E-state index in [9.17, 15) is 4.79 Å². The molecule has 88 valence electrons. The molecule has 1 N–H and O–H groups in total. The van der Waals surface area contributed by atoms with Crippen molar-refractivity contribution in [1.82, 2.24) is 15.2 Å². The van der Waals surface area contributed by atoms with Crippen LogP contribution in [0.15, 0.2) is 18.3 Å². The second-order valence-corrected chi connectivity index (χ2v) is 4.21. The summed E-state index contributed by atoms with van der Waals surface area (Å²) >= 11 is 5.67. The van der Waals surface area contributed by atoms with E-state index in [0.717, 1.165) is 5.56 Å². The fraction of sp³-hybridized carbons (Fsp3) is 0.455. The number of carbonyl (C=O) groups excluding carboxylic acids is 1. The highest BCUT2D eigenvalue weighted by molar-refractivity contribution is 6.29. The summed E-state index contributed by atoms with van der Waals surface area (Å²) in [6.45, 7) is 2.44. The lowest BCUT2D eigenvalue weighted by molar-refractivity contribution is -0.130. The standard InChI is InChI=1S/C11H16ClN3O/c1-8(11(16)15(2)3)13-6-9-4-5-10(12)14-7-9/h4-5,7-8,13H,6H2,1-3H3/t8-/m1/s1. The van der Waals surface area contributed by atoms with Crippen LogP contribution in [0.1, 0.15) is 12.5 Å². The van der Waals surface area contributed by atoms with Crippen LogP contribution in [0, 0.1) is 0 Å². The number of rotatable bonds is 4. The van der Waals surface area contributed by atoms with Gasteiger partial charge < -0.3 is 10.2 Å². The Bertz CT molecular complexity index is 351. The van der Waals surface area contributed by atoms with Crippen molar-refractivity contribution in [2.45, 2.75) is 19.5 Å². The summed E-state index contributed by atoms with van der Waals surface area (Å²) in [7, 11) is 3.48. The number of carbonyl (C=O) groups is 1. The molecule has 16 heavy (non-hydrogen) atoms. The van der Waals surface area contributed by atoms with E-state index in [2.05, 4.69) is 10.3 Å². The summed E-state index contributed by atoms with van der Waals surface area (Å²) in [5, 5.41) is 3.60. The summed E-state index contributed by atoms with van der Waals surface area (Å²) < 4.78 is 0. The van der Waals surface area contributed by atoms with Gasteiger partial charge in [0.15, 0.2) is 0 Å². The van der Waals surface area contributed by atoms with E-state index < -0.39 is 0 Å². The molecule has 1 aromatic heterocycles. The SMILES string of the molecule is C[C@@H](NCc1ccc(Cl)nc1)C(=O)N(C)C. The lowest BCUT2D eigenvalue weighted by Gasteiger charge is -2.17. The minimum atomic E-state index is -0.203. The average Bonchev–Trinajstić information content (AvgIpc) is 2.26. The molecule has 0 unspecified atom stereocenters. The Hall–Kier alpha value is -1.13. The van der Waals surface area contributed by atoms with E-state index in [1.165, 1.54) is 0 Å². The number of nitrogens with one attached hydrogen (secondary N) is 1. The molecule has 0 aliphatic rings. The summed E-state index contributed by atoms with van der Waals surface area (Å²) in [6.07, 6.45) is 1.70. The van der Waals surface area contributed by atoms with E-state index in [0.29, 0.717) is 11.7 Å². The molecule has 0 aliphatic carbocycles. The van der Waals surface area contributed by atoms with Crippen LogP contribution in [0.3, 0.4) is 0 Å².